The number of H-pyrrole nitrogens is 1. The third-order valence-electron chi connectivity index (χ3n) is 6.21. The Morgan fingerprint density at radius 3 is 2.97 bits per heavy atom. The molecule has 2 aliphatic heterocycles. The van der Waals surface area contributed by atoms with E-state index in [9.17, 15) is 5.11 Å². The highest BCUT2D eigenvalue weighted by Crippen LogP contribution is 2.37. The van der Waals surface area contributed by atoms with E-state index >= 15 is 0 Å². The first kappa shape index (κ1) is 20.6. The zero-order valence-corrected chi connectivity index (χ0v) is 19.2. The smallest absolute Gasteiger partial charge is 0.180 e. The minimum Gasteiger partial charge on any atom is -0.492 e. The van der Waals surface area contributed by atoms with Gasteiger partial charge in [0.2, 0.25) is 0 Å². The Kier molecular flexibility index (Phi) is 4.73. The molecular formula is C25H27N7O2. The van der Waals surface area contributed by atoms with Crippen molar-refractivity contribution in [2.45, 2.75) is 26.0 Å². The molecule has 0 aliphatic carbocycles. The highest BCUT2D eigenvalue weighted by atomic mass is 16.5. The molecule has 0 spiro atoms. The lowest BCUT2D eigenvalue weighted by Gasteiger charge is -2.46. The monoisotopic (exact) mass is 457 g/mol. The number of nitrogens with zero attached hydrogens (tertiary/aromatic N) is 5. The molecule has 5 heterocycles. The van der Waals surface area contributed by atoms with E-state index in [1.165, 1.54) is 5.56 Å². The van der Waals surface area contributed by atoms with Crippen LogP contribution in [0.1, 0.15) is 25.1 Å². The molecule has 1 fully saturated rings. The minimum atomic E-state index is -0.652. The number of β-amino-alcohol motifs (C(OH)–C–C–N with tert-alkyl or cyclic N) is 1. The van der Waals surface area contributed by atoms with Crippen LogP contribution >= 0.6 is 0 Å². The van der Waals surface area contributed by atoms with Crippen LogP contribution in [-0.2, 0) is 6.54 Å². The average molecular weight is 458 g/mol. The van der Waals surface area contributed by atoms with Crippen LogP contribution < -0.4 is 19.9 Å². The van der Waals surface area contributed by atoms with Gasteiger partial charge in [-0.2, -0.15) is 0 Å². The number of hydrogen-bond acceptors (Lipinski definition) is 7. The van der Waals surface area contributed by atoms with Crippen LogP contribution in [0.5, 0.6) is 5.75 Å². The lowest BCUT2D eigenvalue weighted by atomic mass is 9.96. The number of aromatic amines is 1. The van der Waals surface area contributed by atoms with Gasteiger partial charge in [-0.25, -0.2) is 9.97 Å². The van der Waals surface area contributed by atoms with Crippen molar-refractivity contribution in [3.63, 3.8) is 0 Å². The predicted molar refractivity (Wildman–Crippen MR) is 133 cm³/mol. The van der Waals surface area contributed by atoms with E-state index in [1.807, 2.05) is 55.0 Å². The second kappa shape index (κ2) is 7.81. The maximum atomic E-state index is 10.1. The molecule has 9 nitrogen and oxygen atoms in total. The first-order valence-electron chi connectivity index (χ1n) is 11.5. The van der Waals surface area contributed by atoms with Crippen molar-refractivity contribution >= 4 is 34.7 Å². The quantitative estimate of drug-likeness (QED) is 0.406. The number of rotatable bonds is 6. The summed E-state index contributed by atoms with van der Waals surface area (Å²) in [5.41, 5.74) is 4.28. The summed E-state index contributed by atoms with van der Waals surface area (Å²) in [5.74, 6) is 2.25. The third-order valence-corrected chi connectivity index (χ3v) is 6.21. The molecule has 9 heteroatoms. The molecule has 3 N–H and O–H groups in total. The SMILES string of the molecule is CCOc1cc(Nc2nc(N3C=Cc4cc[nH]c4C3)cn3ccnc23)ccc1N1CC(C)(O)C1. The predicted octanol–water partition coefficient (Wildman–Crippen LogP) is 3.76. The van der Waals surface area contributed by atoms with E-state index in [1.54, 1.807) is 6.20 Å². The number of aromatic nitrogens is 4. The molecule has 0 radical (unpaired) electrons. The van der Waals surface area contributed by atoms with Crippen molar-refractivity contribution in [3.8, 4) is 5.75 Å². The Labute approximate surface area is 197 Å². The minimum absolute atomic E-state index is 0.556. The van der Waals surface area contributed by atoms with Gasteiger partial charge in [0, 0.05) is 55.3 Å². The summed E-state index contributed by atoms with van der Waals surface area (Å²) < 4.78 is 7.91. The fourth-order valence-electron chi connectivity index (χ4n) is 4.61. The summed E-state index contributed by atoms with van der Waals surface area (Å²) in [5, 5.41) is 13.6. The van der Waals surface area contributed by atoms with Gasteiger partial charge in [-0.15, -0.1) is 0 Å². The fraction of sp³-hybridized carbons (Fsp3) is 0.280. The largest absolute Gasteiger partial charge is 0.492 e. The number of fused-ring (bicyclic) bond motifs is 2. The molecule has 0 saturated carbocycles. The number of hydrogen-bond donors (Lipinski definition) is 3. The van der Waals surface area contributed by atoms with Crippen molar-refractivity contribution < 1.29 is 9.84 Å². The number of nitrogens with one attached hydrogen (secondary N) is 2. The molecule has 3 aromatic heterocycles. The summed E-state index contributed by atoms with van der Waals surface area (Å²) in [4.78, 5) is 16.9. The molecule has 174 valence electrons. The second-order valence-corrected chi connectivity index (χ2v) is 9.05. The molecular weight excluding hydrogens is 430 g/mol. The van der Waals surface area contributed by atoms with E-state index in [-0.39, 0.29) is 0 Å². The molecule has 0 bridgehead atoms. The molecule has 34 heavy (non-hydrogen) atoms. The zero-order chi connectivity index (χ0) is 23.3. The highest BCUT2D eigenvalue weighted by Gasteiger charge is 2.37. The summed E-state index contributed by atoms with van der Waals surface area (Å²) in [6.45, 7) is 6.27. The van der Waals surface area contributed by atoms with Crippen molar-refractivity contribution in [1.29, 1.82) is 0 Å². The van der Waals surface area contributed by atoms with Gasteiger partial charge in [0.1, 0.15) is 5.75 Å². The Balaban J connectivity index is 1.32. The normalized spacial score (nSPS) is 16.4. The lowest BCUT2D eigenvalue weighted by Crippen LogP contribution is -2.60. The Bertz CT molecular complexity index is 1380. The van der Waals surface area contributed by atoms with E-state index < -0.39 is 5.60 Å². The van der Waals surface area contributed by atoms with Crippen LogP contribution in [-0.4, -0.2) is 49.8 Å². The van der Waals surface area contributed by atoms with Crippen molar-refractivity contribution in [3.05, 3.63) is 66.5 Å². The van der Waals surface area contributed by atoms with Gasteiger partial charge in [0.15, 0.2) is 17.3 Å². The molecule has 1 aromatic carbocycles. The topological polar surface area (TPSA) is 94.0 Å². The van der Waals surface area contributed by atoms with Crippen LogP contribution in [0.2, 0.25) is 0 Å². The third kappa shape index (κ3) is 3.63. The highest BCUT2D eigenvalue weighted by molar-refractivity contribution is 5.75. The van der Waals surface area contributed by atoms with Gasteiger partial charge in [-0.3, -0.25) is 0 Å². The lowest BCUT2D eigenvalue weighted by molar-refractivity contribution is 0.0307. The van der Waals surface area contributed by atoms with Gasteiger partial charge in [-0.05, 0) is 43.7 Å². The number of imidazole rings is 1. The van der Waals surface area contributed by atoms with Crippen LogP contribution in [0.25, 0.3) is 11.7 Å². The molecule has 4 aromatic rings. The van der Waals surface area contributed by atoms with E-state index in [0.717, 1.165) is 34.3 Å². The standard InChI is InChI=1S/C25H27N7O2/c1-3-34-21-12-18(4-5-20(21)32-15-25(2,33)16-32)28-23-24-27-9-11-31(24)14-22(29-23)30-10-7-17-6-8-26-19(17)13-30/h4-12,14,26,33H,3,13,15-16H2,1-2H3,(H,28,29). The van der Waals surface area contributed by atoms with Crippen LogP contribution in [0.3, 0.4) is 0 Å². The van der Waals surface area contributed by atoms with Gasteiger partial charge in [-0.1, -0.05) is 0 Å². The van der Waals surface area contributed by atoms with Gasteiger partial charge in [0.05, 0.1) is 30.6 Å². The zero-order valence-electron chi connectivity index (χ0n) is 19.2. The van der Waals surface area contributed by atoms with E-state index in [4.69, 9.17) is 9.72 Å². The van der Waals surface area contributed by atoms with E-state index in [2.05, 4.69) is 43.4 Å². The number of ether oxygens (including phenoxy) is 1. The molecule has 1 saturated heterocycles. The Morgan fingerprint density at radius 1 is 1.26 bits per heavy atom. The van der Waals surface area contributed by atoms with Gasteiger partial charge < -0.3 is 34.3 Å². The number of aliphatic hydroxyl groups is 1. The Hall–Kier alpha value is -3.98. The first-order chi connectivity index (χ1) is 16.5. The van der Waals surface area contributed by atoms with Crippen molar-refractivity contribution in [1.82, 2.24) is 19.4 Å². The van der Waals surface area contributed by atoms with Crippen LogP contribution in [0.15, 0.2) is 55.3 Å². The summed E-state index contributed by atoms with van der Waals surface area (Å²) in [6, 6.07) is 8.08. The first-order valence-corrected chi connectivity index (χ1v) is 11.5. The van der Waals surface area contributed by atoms with Crippen LogP contribution in [0, 0.1) is 0 Å². The van der Waals surface area contributed by atoms with Crippen molar-refractivity contribution in [2.75, 3.05) is 34.8 Å². The summed E-state index contributed by atoms with van der Waals surface area (Å²) >= 11 is 0. The number of anilines is 4. The number of benzene rings is 1. The molecule has 0 amide bonds. The molecule has 6 rings (SSSR count). The molecule has 0 unspecified atom stereocenters. The maximum Gasteiger partial charge on any atom is 0.180 e. The molecule has 0 atom stereocenters. The van der Waals surface area contributed by atoms with Crippen molar-refractivity contribution in [2.24, 2.45) is 0 Å². The van der Waals surface area contributed by atoms with Crippen LogP contribution in [0.4, 0.5) is 23.0 Å². The second-order valence-electron chi connectivity index (χ2n) is 9.05. The summed E-state index contributed by atoms with van der Waals surface area (Å²) in [6.07, 6.45) is 11.8. The fourth-order valence-corrected chi connectivity index (χ4v) is 4.61. The average Bonchev–Trinajstić information content (AvgIpc) is 3.47. The van der Waals surface area contributed by atoms with E-state index in [0.29, 0.717) is 32.1 Å². The summed E-state index contributed by atoms with van der Waals surface area (Å²) in [7, 11) is 0. The van der Waals surface area contributed by atoms with Gasteiger partial charge >= 0.3 is 0 Å². The van der Waals surface area contributed by atoms with Gasteiger partial charge in [0.25, 0.3) is 0 Å². The molecule has 2 aliphatic rings. The Morgan fingerprint density at radius 2 is 2.15 bits per heavy atom. The maximum absolute atomic E-state index is 10.1.